The number of carboxylic acids is 1. The van der Waals surface area contributed by atoms with Crippen LogP contribution in [-0.2, 0) is 24.1 Å². The summed E-state index contributed by atoms with van der Waals surface area (Å²) in [5.41, 5.74) is -1.12. The minimum Gasteiger partial charge on any atom is -0.478 e. The molecule has 0 atom stereocenters. The van der Waals surface area contributed by atoms with Crippen molar-refractivity contribution >= 4 is 12.1 Å². The van der Waals surface area contributed by atoms with Gasteiger partial charge in [-0.3, -0.25) is 0 Å². The number of carbonyl (C=O) groups excluding carboxylic acids is 1. The highest BCUT2D eigenvalue weighted by Gasteiger charge is 2.34. The number of carbonyl (C=O) groups is 2. The monoisotopic (exact) mass is 353 g/mol. The molecule has 2 N–H and O–H groups in total. The molecule has 0 unspecified atom stereocenters. The highest BCUT2D eigenvalue weighted by atomic mass is 19.4. The van der Waals surface area contributed by atoms with Gasteiger partial charge in [0.15, 0.2) is 0 Å². The Morgan fingerprint density at radius 1 is 1.08 bits per heavy atom. The molecular formula is C17H14F3NO4. The Balaban J connectivity index is 2.02. The molecule has 5 nitrogen and oxygen atoms in total. The molecule has 0 bridgehead atoms. The molecule has 0 aliphatic carbocycles. The van der Waals surface area contributed by atoms with Crippen molar-refractivity contribution in [3.8, 4) is 0 Å². The van der Waals surface area contributed by atoms with E-state index in [1.807, 2.05) is 0 Å². The quantitative estimate of drug-likeness (QED) is 0.857. The van der Waals surface area contributed by atoms with Crippen LogP contribution in [0.25, 0.3) is 0 Å². The summed E-state index contributed by atoms with van der Waals surface area (Å²) in [4.78, 5) is 22.4. The van der Waals surface area contributed by atoms with E-state index in [-0.39, 0.29) is 12.2 Å². The van der Waals surface area contributed by atoms with E-state index in [4.69, 9.17) is 9.84 Å². The first-order chi connectivity index (χ1) is 11.8. The summed E-state index contributed by atoms with van der Waals surface area (Å²) in [6.45, 7) is -0.459. The van der Waals surface area contributed by atoms with E-state index in [9.17, 15) is 22.8 Å². The highest BCUT2D eigenvalue weighted by molar-refractivity contribution is 5.88. The van der Waals surface area contributed by atoms with E-state index < -0.39 is 35.9 Å². The zero-order valence-electron chi connectivity index (χ0n) is 12.8. The van der Waals surface area contributed by atoms with Crippen LogP contribution in [0.5, 0.6) is 0 Å². The van der Waals surface area contributed by atoms with Crippen molar-refractivity contribution in [1.29, 1.82) is 0 Å². The Bertz CT molecular complexity index is 760. The molecular weight excluding hydrogens is 339 g/mol. The Morgan fingerprint density at radius 2 is 1.76 bits per heavy atom. The summed E-state index contributed by atoms with van der Waals surface area (Å²) < 4.78 is 44.1. The van der Waals surface area contributed by atoms with Crippen LogP contribution in [0.15, 0.2) is 48.5 Å². The lowest BCUT2D eigenvalue weighted by Crippen LogP contribution is -2.25. The third kappa shape index (κ3) is 5.23. The molecule has 0 aromatic heterocycles. The van der Waals surface area contributed by atoms with Gasteiger partial charge in [0.1, 0.15) is 6.61 Å². The van der Waals surface area contributed by atoms with Crippen LogP contribution in [-0.4, -0.2) is 17.2 Å². The number of alkyl halides is 3. The summed E-state index contributed by atoms with van der Waals surface area (Å²) in [5.74, 6) is -1.47. The van der Waals surface area contributed by atoms with Gasteiger partial charge in [0.2, 0.25) is 0 Å². The number of rotatable bonds is 5. The van der Waals surface area contributed by atoms with Crippen LogP contribution in [0, 0.1) is 0 Å². The van der Waals surface area contributed by atoms with Crippen LogP contribution < -0.4 is 5.32 Å². The van der Waals surface area contributed by atoms with Gasteiger partial charge in [-0.2, -0.15) is 13.2 Å². The fourth-order valence-electron chi connectivity index (χ4n) is 2.07. The topological polar surface area (TPSA) is 75.6 Å². The summed E-state index contributed by atoms with van der Waals surface area (Å²) in [5, 5.41) is 11.0. The first kappa shape index (κ1) is 18.3. The van der Waals surface area contributed by atoms with Gasteiger partial charge < -0.3 is 15.2 Å². The predicted molar refractivity (Wildman–Crippen MR) is 81.9 cm³/mol. The van der Waals surface area contributed by atoms with E-state index in [0.717, 1.165) is 17.7 Å². The van der Waals surface area contributed by atoms with Gasteiger partial charge in [0, 0.05) is 6.54 Å². The maximum absolute atomic E-state index is 13.0. The van der Waals surface area contributed by atoms with Gasteiger partial charge in [-0.1, -0.05) is 36.4 Å². The number of hydrogen-bond acceptors (Lipinski definition) is 3. The van der Waals surface area contributed by atoms with Gasteiger partial charge in [-0.25, -0.2) is 9.59 Å². The van der Waals surface area contributed by atoms with Crippen LogP contribution in [0.4, 0.5) is 18.0 Å². The maximum Gasteiger partial charge on any atom is 0.416 e. The Kier molecular flexibility index (Phi) is 5.63. The lowest BCUT2D eigenvalue weighted by Gasteiger charge is -2.14. The van der Waals surface area contributed by atoms with Gasteiger partial charge in [-0.15, -0.1) is 0 Å². The molecule has 0 saturated carbocycles. The van der Waals surface area contributed by atoms with Crippen molar-refractivity contribution in [2.75, 3.05) is 0 Å². The van der Waals surface area contributed by atoms with E-state index in [0.29, 0.717) is 6.07 Å². The Hall–Kier alpha value is -3.03. The van der Waals surface area contributed by atoms with Crippen molar-refractivity contribution in [2.24, 2.45) is 0 Å². The van der Waals surface area contributed by atoms with Crippen LogP contribution in [0.1, 0.15) is 27.0 Å². The first-order valence-electron chi connectivity index (χ1n) is 7.15. The largest absolute Gasteiger partial charge is 0.478 e. The van der Waals surface area contributed by atoms with E-state index in [1.165, 1.54) is 0 Å². The second kappa shape index (κ2) is 7.69. The van der Waals surface area contributed by atoms with Crippen molar-refractivity contribution < 1.29 is 32.6 Å². The normalized spacial score (nSPS) is 11.0. The molecule has 2 rings (SSSR count). The average molecular weight is 353 g/mol. The second-order valence-corrected chi connectivity index (χ2v) is 5.09. The number of nitrogens with one attached hydrogen (secondary N) is 1. The SMILES string of the molecule is O=C(NCc1ccc(C(=O)O)cc1C(F)(F)F)OCc1ccccc1. The van der Waals surface area contributed by atoms with E-state index >= 15 is 0 Å². The standard InChI is InChI=1S/C17H14F3NO4/c18-17(19,20)14-8-12(15(22)23)6-7-13(14)9-21-16(24)25-10-11-4-2-1-3-5-11/h1-8H,9-10H2,(H,21,24)(H,22,23). The molecule has 0 aliphatic rings. The Morgan fingerprint density at radius 3 is 2.36 bits per heavy atom. The molecule has 0 fully saturated rings. The number of amides is 1. The molecule has 8 heteroatoms. The van der Waals surface area contributed by atoms with E-state index in [2.05, 4.69) is 5.32 Å². The summed E-state index contributed by atoms with van der Waals surface area (Å²) in [7, 11) is 0. The van der Waals surface area contributed by atoms with Gasteiger partial charge in [-0.05, 0) is 23.3 Å². The fraction of sp³-hybridized carbons (Fsp3) is 0.176. The Labute approximate surface area is 141 Å². The van der Waals surface area contributed by atoms with Crippen molar-refractivity contribution in [2.45, 2.75) is 19.3 Å². The van der Waals surface area contributed by atoms with Crippen molar-refractivity contribution in [3.05, 3.63) is 70.8 Å². The number of benzene rings is 2. The lowest BCUT2D eigenvalue weighted by atomic mass is 10.0. The lowest BCUT2D eigenvalue weighted by molar-refractivity contribution is -0.138. The molecule has 132 valence electrons. The van der Waals surface area contributed by atoms with Gasteiger partial charge >= 0.3 is 18.2 Å². The molecule has 1 amide bonds. The first-order valence-corrected chi connectivity index (χ1v) is 7.15. The smallest absolute Gasteiger partial charge is 0.416 e. The molecule has 0 spiro atoms. The summed E-state index contributed by atoms with van der Waals surface area (Å²) in [6, 6.07) is 11.4. The zero-order valence-corrected chi connectivity index (χ0v) is 12.8. The third-order valence-corrected chi connectivity index (χ3v) is 3.30. The predicted octanol–water partition coefficient (Wildman–Crippen LogP) is 3.83. The van der Waals surface area contributed by atoms with Crippen LogP contribution >= 0.6 is 0 Å². The average Bonchev–Trinajstić information content (AvgIpc) is 2.58. The van der Waals surface area contributed by atoms with Crippen LogP contribution in [0.3, 0.4) is 0 Å². The number of ether oxygens (including phenoxy) is 1. The van der Waals surface area contributed by atoms with Gasteiger partial charge in [0.25, 0.3) is 0 Å². The number of carboxylic acid groups (broad SMARTS) is 1. The molecule has 25 heavy (non-hydrogen) atoms. The number of alkyl carbamates (subject to hydrolysis) is 1. The number of hydrogen-bond donors (Lipinski definition) is 2. The van der Waals surface area contributed by atoms with E-state index in [1.54, 1.807) is 30.3 Å². The number of aromatic carboxylic acids is 1. The minimum absolute atomic E-state index is 0.0171. The summed E-state index contributed by atoms with van der Waals surface area (Å²) >= 11 is 0. The fourth-order valence-corrected chi connectivity index (χ4v) is 2.07. The molecule has 0 heterocycles. The second-order valence-electron chi connectivity index (χ2n) is 5.09. The van der Waals surface area contributed by atoms with Crippen molar-refractivity contribution in [1.82, 2.24) is 5.32 Å². The van der Waals surface area contributed by atoms with Gasteiger partial charge in [0.05, 0.1) is 11.1 Å². The third-order valence-electron chi connectivity index (χ3n) is 3.30. The minimum atomic E-state index is -4.74. The maximum atomic E-state index is 13.0. The zero-order chi connectivity index (χ0) is 18.4. The molecule has 0 radical (unpaired) electrons. The molecule has 0 saturated heterocycles. The van der Waals surface area contributed by atoms with Crippen molar-refractivity contribution in [3.63, 3.8) is 0 Å². The molecule has 2 aromatic carbocycles. The summed E-state index contributed by atoms with van der Waals surface area (Å²) in [6.07, 6.45) is -5.62. The number of halogens is 3. The van der Waals surface area contributed by atoms with Crippen LogP contribution in [0.2, 0.25) is 0 Å². The molecule has 2 aromatic rings. The highest BCUT2D eigenvalue weighted by Crippen LogP contribution is 2.32. The molecule has 0 aliphatic heterocycles.